The number of fused-ring (bicyclic) bond motifs is 4. The predicted octanol–water partition coefficient (Wildman–Crippen LogP) is 4.48. The number of hydrogen-bond donors (Lipinski definition) is 1. The molecule has 0 unspecified atom stereocenters. The number of nitrogens with one attached hydrogen (secondary N) is 1. The van der Waals surface area contributed by atoms with Crippen LogP contribution in [0.4, 0.5) is 24.9 Å². The van der Waals surface area contributed by atoms with E-state index in [4.69, 9.17) is 4.98 Å². The van der Waals surface area contributed by atoms with Gasteiger partial charge in [0.15, 0.2) is 5.82 Å². The maximum atomic E-state index is 14.2. The minimum Gasteiger partial charge on any atom is -0.342 e. The fourth-order valence-electron chi connectivity index (χ4n) is 5.65. The number of nitrogens with zero attached hydrogens (tertiary/aromatic N) is 8. The van der Waals surface area contributed by atoms with Crippen LogP contribution in [0.3, 0.4) is 0 Å². The molecule has 9 nitrogen and oxygen atoms in total. The molecule has 1 aliphatic heterocycles. The van der Waals surface area contributed by atoms with E-state index in [-0.39, 0.29) is 18.7 Å². The van der Waals surface area contributed by atoms with Gasteiger partial charge >= 0.3 is 6.18 Å². The molecule has 0 aromatic carbocycles. The minimum absolute atomic E-state index is 0.0730. The third-order valence-electron chi connectivity index (χ3n) is 8.04. The Labute approximate surface area is 204 Å². The lowest BCUT2D eigenvalue weighted by Gasteiger charge is -2.43. The molecule has 5 heterocycles. The zero-order chi connectivity index (χ0) is 24.9. The van der Waals surface area contributed by atoms with E-state index in [1.165, 1.54) is 0 Å². The zero-order valence-electron chi connectivity index (χ0n) is 19.8. The van der Waals surface area contributed by atoms with Crippen LogP contribution in [-0.2, 0) is 24.5 Å². The molecule has 12 heteroatoms. The van der Waals surface area contributed by atoms with Crippen LogP contribution in [0.5, 0.6) is 0 Å². The van der Waals surface area contributed by atoms with Crippen molar-refractivity contribution in [3.05, 3.63) is 42.1 Å². The highest BCUT2D eigenvalue weighted by atomic mass is 19.4. The van der Waals surface area contributed by atoms with Gasteiger partial charge in [0.05, 0.1) is 23.1 Å². The summed E-state index contributed by atoms with van der Waals surface area (Å²) in [5.41, 5.74) is 0.984. The summed E-state index contributed by atoms with van der Waals surface area (Å²) < 4.78 is 48.2. The number of halogens is 3. The number of rotatable bonds is 4. The minimum atomic E-state index is -4.34. The molecule has 2 fully saturated rings. The Morgan fingerprint density at radius 2 is 1.92 bits per heavy atom. The van der Waals surface area contributed by atoms with Gasteiger partial charge in [-0.05, 0) is 44.2 Å². The van der Waals surface area contributed by atoms with Crippen molar-refractivity contribution in [2.75, 3.05) is 5.32 Å². The summed E-state index contributed by atoms with van der Waals surface area (Å²) in [5.74, 6) is 1.79. The van der Waals surface area contributed by atoms with E-state index >= 15 is 0 Å². The fraction of sp³-hybridized carbons (Fsp3) is 0.458. The molecular weight excluding hydrogens is 471 g/mol. The number of anilines is 2. The predicted molar refractivity (Wildman–Crippen MR) is 124 cm³/mol. The molecular formula is C24H24F3N9. The Hall–Kier alpha value is -3.70. The van der Waals surface area contributed by atoms with Crippen molar-refractivity contribution in [1.29, 1.82) is 0 Å². The summed E-state index contributed by atoms with van der Waals surface area (Å²) in [5, 5.41) is 15.9. The van der Waals surface area contributed by atoms with Crippen LogP contribution in [0.1, 0.15) is 43.5 Å². The summed E-state index contributed by atoms with van der Waals surface area (Å²) in [6.07, 6.45) is 3.44. The molecule has 2 aliphatic carbocycles. The van der Waals surface area contributed by atoms with Crippen LogP contribution in [0.25, 0.3) is 22.8 Å². The molecule has 4 aromatic heterocycles. The molecule has 0 amide bonds. The molecule has 1 spiro atoms. The van der Waals surface area contributed by atoms with E-state index < -0.39 is 17.1 Å². The van der Waals surface area contributed by atoms with Gasteiger partial charge in [-0.1, -0.05) is 6.42 Å². The van der Waals surface area contributed by atoms with Gasteiger partial charge in [-0.2, -0.15) is 18.3 Å². The molecule has 4 aromatic rings. The van der Waals surface area contributed by atoms with E-state index in [9.17, 15) is 13.2 Å². The van der Waals surface area contributed by atoms with Crippen molar-refractivity contribution in [3.63, 3.8) is 0 Å². The van der Waals surface area contributed by atoms with E-state index in [1.807, 2.05) is 36.9 Å². The molecule has 7 rings (SSSR count). The van der Waals surface area contributed by atoms with Gasteiger partial charge in [0, 0.05) is 37.6 Å². The number of hydrogen-bond acceptors (Lipinski definition) is 6. The van der Waals surface area contributed by atoms with Crippen molar-refractivity contribution in [1.82, 2.24) is 39.1 Å². The normalized spacial score (nSPS) is 19.0. The summed E-state index contributed by atoms with van der Waals surface area (Å²) in [6.45, 7) is 2.53. The van der Waals surface area contributed by atoms with Crippen molar-refractivity contribution >= 4 is 11.8 Å². The lowest BCUT2D eigenvalue weighted by atomic mass is 9.67. The number of alkyl halides is 3. The lowest BCUT2D eigenvalue weighted by Crippen LogP contribution is -2.51. The van der Waals surface area contributed by atoms with Crippen LogP contribution in [-0.4, -0.2) is 45.3 Å². The van der Waals surface area contributed by atoms with Crippen LogP contribution >= 0.6 is 0 Å². The van der Waals surface area contributed by atoms with Gasteiger partial charge in [0.2, 0.25) is 5.95 Å². The molecule has 2 saturated carbocycles. The van der Waals surface area contributed by atoms with Crippen molar-refractivity contribution in [3.8, 4) is 22.8 Å². The molecule has 186 valence electrons. The van der Waals surface area contributed by atoms with E-state index in [2.05, 4.69) is 30.2 Å². The van der Waals surface area contributed by atoms with Crippen molar-refractivity contribution in [2.24, 2.45) is 7.05 Å². The lowest BCUT2D eigenvalue weighted by molar-refractivity contribution is -0.216. The van der Waals surface area contributed by atoms with E-state index in [1.54, 1.807) is 17.1 Å². The quantitative estimate of drug-likeness (QED) is 0.449. The second kappa shape index (κ2) is 6.95. The highest BCUT2D eigenvalue weighted by Crippen LogP contribution is 2.59. The first kappa shape index (κ1) is 21.6. The van der Waals surface area contributed by atoms with E-state index in [0.29, 0.717) is 24.7 Å². The van der Waals surface area contributed by atoms with Crippen LogP contribution in [0.2, 0.25) is 0 Å². The van der Waals surface area contributed by atoms with E-state index in [0.717, 1.165) is 41.2 Å². The Morgan fingerprint density at radius 3 is 2.56 bits per heavy atom. The van der Waals surface area contributed by atoms with Gasteiger partial charge in [0.1, 0.15) is 17.1 Å². The summed E-state index contributed by atoms with van der Waals surface area (Å²) in [4.78, 5) is 9.14. The second-order valence-electron chi connectivity index (χ2n) is 10.3. The molecule has 3 aliphatic rings. The van der Waals surface area contributed by atoms with Gasteiger partial charge in [0.25, 0.3) is 0 Å². The first-order valence-corrected chi connectivity index (χ1v) is 12.0. The molecule has 1 N–H and O–H groups in total. The average Bonchev–Trinajstić information content (AvgIpc) is 3.11. The smallest absolute Gasteiger partial charge is 0.342 e. The number of aromatic nitrogens is 8. The SMILES string of the molecule is Cc1cnc(Nc2ccnn2C)nc1-c1cc2n(c1)CC1(CC1)n1c-2nnc1C1(C(F)(F)F)CCC1. The maximum Gasteiger partial charge on any atom is 0.401 e. The van der Waals surface area contributed by atoms with Crippen molar-refractivity contribution < 1.29 is 13.2 Å². The third kappa shape index (κ3) is 2.86. The summed E-state index contributed by atoms with van der Waals surface area (Å²) in [7, 11) is 1.82. The average molecular weight is 496 g/mol. The zero-order valence-corrected chi connectivity index (χ0v) is 19.8. The standard InChI is InChI=1S/C24H24F3N9/c1-14-11-28-21(30-17-4-9-29-34(17)2)31-18(14)15-10-16-19-32-33-20(23(5-3-6-23)24(25,26)27)36(19)22(7-8-22)13-35(16)12-15/h4,9-12H,3,5-8,13H2,1-2H3,(H,28,30,31). The highest BCUT2D eigenvalue weighted by Gasteiger charge is 2.64. The van der Waals surface area contributed by atoms with Gasteiger partial charge in [-0.25, -0.2) is 9.97 Å². The largest absolute Gasteiger partial charge is 0.401 e. The number of aryl methyl sites for hydroxylation is 2. The second-order valence-corrected chi connectivity index (χ2v) is 10.3. The summed E-state index contributed by atoms with van der Waals surface area (Å²) in [6, 6.07) is 3.78. The monoisotopic (exact) mass is 495 g/mol. The molecule has 0 radical (unpaired) electrons. The first-order chi connectivity index (χ1) is 17.2. The Bertz CT molecular complexity index is 1500. The van der Waals surface area contributed by atoms with Gasteiger partial charge in [-0.3, -0.25) is 4.68 Å². The summed E-state index contributed by atoms with van der Waals surface area (Å²) >= 11 is 0. The van der Waals surface area contributed by atoms with Crippen LogP contribution < -0.4 is 5.32 Å². The Balaban J connectivity index is 1.31. The third-order valence-corrected chi connectivity index (χ3v) is 8.04. The Morgan fingerprint density at radius 1 is 1.11 bits per heavy atom. The Kier molecular flexibility index (Phi) is 4.16. The molecule has 36 heavy (non-hydrogen) atoms. The maximum absolute atomic E-state index is 14.2. The van der Waals surface area contributed by atoms with Gasteiger partial charge in [-0.15, -0.1) is 10.2 Å². The van der Waals surface area contributed by atoms with Crippen LogP contribution in [0.15, 0.2) is 30.7 Å². The fourth-order valence-corrected chi connectivity index (χ4v) is 5.65. The van der Waals surface area contributed by atoms with Crippen LogP contribution in [0, 0.1) is 6.92 Å². The molecule has 0 atom stereocenters. The highest BCUT2D eigenvalue weighted by molar-refractivity contribution is 5.71. The topological polar surface area (TPSA) is 91.3 Å². The first-order valence-electron chi connectivity index (χ1n) is 12.0. The van der Waals surface area contributed by atoms with Crippen molar-refractivity contribution in [2.45, 2.75) is 62.7 Å². The van der Waals surface area contributed by atoms with Gasteiger partial charge < -0.3 is 14.5 Å². The molecule has 0 bridgehead atoms. The molecule has 0 saturated heterocycles.